The van der Waals surface area contributed by atoms with E-state index in [1.165, 1.54) is 0 Å². The van der Waals surface area contributed by atoms with Crippen LogP contribution in [0, 0.1) is 13.8 Å². The molecule has 22 heavy (non-hydrogen) atoms. The van der Waals surface area contributed by atoms with E-state index in [9.17, 15) is 4.79 Å². The Labute approximate surface area is 139 Å². The summed E-state index contributed by atoms with van der Waals surface area (Å²) in [5, 5.41) is 11.8. The molecule has 2 rings (SSSR count). The Morgan fingerprint density at radius 3 is 2.50 bits per heavy atom. The summed E-state index contributed by atoms with van der Waals surface area (Å²) < 4.78 is 4.63. The number of hydrogen-bond donors (Lipinski definition) is 1. The number of carbonyl (C=O) groups excluding carboxylic acids is 1. The van der Waals surface area contributed by atoms with Gasteiger partial charge in [-0.05, 0) is 43.6 Å². The number of nitrogens with one attached hydrogen (secondary N) is 1. The fourth-order valence-corrected chi connectivity index (χ4v) is 2.65. The Balaban J connectivity index is 1.89. The number of amides is 1. The molecule has 1 N–H and O–H groups in total. The van der Waals surface area contributed by atoms with Gasteiger partial charge in [0, 0.05) is 37.5 Å². The van der Waals surface area contributed by atoms with Crippen LogP contribution >= 0.6 is 15.9 Å². The van der Waals surface area contributed by atoms with Crippen LogP contribution in [0.15, 0.2) is 16.9 Å². The Kier molecular flexibility index (Phi) is 5.39. The molecule has 0 unspecified atom stereocenters. The lowest BCUT2D eigenvalue weighted by Gasteiger charge is -2.13. The Hall–Kier alpha value is -1.63. The Morgan fingerprint density at radius 1 is 1.27 bits per heavy atom. The van der Waals surface area contributed by atoms with Crippen LogP contribution in [-0.4, -0.2) is 25.5 Å². The zero-order valence-electron chi connectivity index (χ0n) is 13.4. The standard InChI is InChI=1S/C15H22BrN5O/c1-5-20-8-13(11(3)18-20)10(2)17-15(22)6-7-21-9-14(16)12(4)19-21/h8-10H,5-7H2,1-4H3,(H,17,22)/t10-/m1/s1. The van der Waals surface area contributed by atoms with Crippen LogP contribution < -0.4 is 5.32 Å². The summed E-state index contributed by atoms with van der Waals surface area (Å²) in [6, 6.07) is -0.0427. The zero-order chi connectivity index (χ0) is 16.3. The molecule has 0 radical (unpaired) electrons. The molecule has 0 aliphatic heterocycles. The van der Waals surface area contributed by atoms with Gasteiger partial charge >= 0.3 is 0 Å². The van der Waals surface area contributed by atoms with Crippen LogP contribution in [0.1, 0.15) is 43.3 Å². The molecule has 120 valence electrons. The molecule has 2 aromatic heterocycles. The van der Waals surface area contributed by atoms with Crippen LogP contribution in [0.25, 0.3) is 0 Å². The lowest BCUT2D eigenvalue weighted by atomic mass is 10.1. The van der Waals surface area contributed by atoms with E-state index in [2.05, 4.69) is 31.4 Å². The largest absolute Gasteiger partial charge is 0.349 e. The van der Waals surface area contributed by atoms with Gasteiger partial charge in [-0.15, -0.1) is 0 Å². The topological polar surface area (TPSA) is 64.7 Å². The second-order valence-corrected chi connectivity index (χ2v) is 6.24. The third-order valence-corrected chi connectivity index (χ3v) is 4.39. The predicted octanol–water partition coefficient (Wildman–Crippen LogP) is 2.75. The molecule has 0 aliphatic carbocycles. The summed E-state index contributed by atoms with van der Waals surface area (Å²) in [4.78, 5) is 12.1. The molecule has 0 saturated carbocycles. The molecule has 7 heteroatoms. The minimum Gasteiger partial charge on any atom is -0.349 e. The van der Waals surface area contributed by atoms with Crippen molar-refractivity contribution in [1.29, 1.82) is 0 Å². The quantitative estimate of drug-likeness (QED) is 0.853. The maximum Gasteiger partial charge on any atom is 0.222 e. The van der Waals surface area contributed by atoms with Gasteiger partial charge in [0.15, 0.2) is 0 Å². The first-order valence-corrected chi connectivity index (χ1v) is 8.22. The molecule has 0 spiro atoms. The van der Waals surface area contributed by atoms with Gasteiger partial charge in [0.05, 0.1) is 21.9 Å². The summed E-state index contributed by atoms with van der Waals surface area (Å²) in [5.74, 6) is 0.0143. The van der Waals surface area contributed by atoms with Crippen molar-refractivity contribution in [3.8, 4) is 0 Å². The molecular formula is C15H22BrN5O. The third kappa shape index (κ3) is 3.97. The van der Waals surface area contributed by atoms with E-state index in [0.29, 0.717) is 13.0 Å². The fraction of sp³-hybridized carbons (Fsp3) is 0.533. The number of rotatable bonds is 6. The van der Waals surface area contributed by atoms with Crippen LogP contribution in [0.3, 0.4) is 0 Å². The van der Waals surface area contributed by atoms with E-state index < -0.39 is 0 Å². The molecule has 0 aromatic carbocycles. The number of nitrogens with zero attached hydrogens (tertiary/aromatic N) is 4. The number of carbonyl (C=O) groups is 1. The highest BCUT2D eigenvalue weighted by Crippen LogP contribution is 2.16. The summed E-state index contributed by atoms with van der Waals surface area (Å²) in [6.45, 7) is 9.32. The monoisotopic (exact) mass is 367 g/mol. The van der Waals surface area contributed by atoms with E-state index in [4.69, 9.17) is 0 Å². The smallest absolute Gasteiger partial charge is 0.222 e. The van der Waals surface area contributed by atoms with Crippen LogP contribution in [0.5, 0.6) is 0 Å². The summed E-state index contributed by atoms with van der Waals surface area (Å²) >= 11 is 3.42. The van der Waals surface area contributed by atoms with Crippen molar-refractivity contribution >= 4 is 21.8 Å². The minimum atomic E-state index is -0.0427. The predicted molar refractivity (Wildman–Crippen MR) is 88.5 cm³/mol. The van der Waals surface area contributed by atoms with Crippen molar-refractivity contribution in [1.82, 2.24) is 24.9 Å². The molecule has 6 nitrogen and oxygen atoms in total. The van der Waals surface area contributed by atoms with Crippen molar-refractivity contribution < 1.29 is 4.79 Å². The van der Waals surface area contributed by atoms with Crippen LogP contribution in [0.4, 0.5) is 0 Å². The van der Waals surface area contributed by atoms with E-state index in [0.717, 1.165) is 28.0 Å². The molecule has 0 bridgehead atoms. The lowest BCUT2D eigenvalue weighted by Crippen LogP contribution is -2.27. The molecule has 1 amide bonds. The first kappa shape index (κ1) is 16.7. The number of halogens is 1. The molecular weight excluding hydrogens is 346 g/mol. The van der Waals surface area contributed by atoms with Crippen molar-refractivity contribution in [3.05, 3.63) is 33.8 Å². The average Bonchev–Trinajstić information content (AvgIpc) is 3.00. The maximum atomic E-state index is 12.1. The second kappa shape index (κ2) is 7.09. The molecule has 0 fully saturated rings. The van der Waals surface area contributed by atoms with E-state index in [1.54, 1.807) is 4.68 Å². The highest BCUT2D eigenvalue weighted by atomic mass is 79.9. The molecule has 2 heterocycles. The van der Waals surface area contributed by atoms with Gasteiger partial charge in [0.2, 0.25) is 5.91 Å². The Morgan fingerprint density at radius 2 is 1.95 bits per heavy atom. The first-order chi connectivity index (χ1) is 10.4. The number of aromatic nitrogens is 4. The SMILES string of the molecule is CCn1cc([C@@H](C)NC(=O)CCn2cc(Br)c(C)n2)c(C)n1. The zero-order valence-corrected chi connectivity index (χ0v) is 15.0. The van der Waals surface area contributed by atoms with Crippen molar-refractivity contribution in [2.24, 2.45) is 0 Å². The molecule has 0 aliphatic rings. The van der Waals surface area contributed by atoms with Gasteiger partial charge in [-0.1, -0.05) is 0 Å². The highest BCUT2D eigenvalue weighted by Gasteiger charge is 2.15. The van der Waals surface area contributed by atoms with Crippen LogP contribution in [-0.2, 0) is 17.9 Å². The van der Waals surface area contributed by atoms with E-state index in [1.807, 2.05) is 44.8 Å². The normalized spacial score (nSPS) is 12.4. The molecule has 2 aromatic rings. The molecule has 0 saturated heterocycles. The third-order valence-electron chi connectivity index (χ3n) is 3.61. The van der Waals surface area contributed by atoms with Gasteiger partial charge in [-0.25, -0.2) is 0 Å². The summed E-state index contributed by atoms with van der Waals surface area (Å²) in [6.07, 6.45) is 4.29. The molecule has 1 atom stereocenters. The van der Waals surface area contributed by atoms with Gasteiger partial charge in [-0.3, -0.25) is 14.2 Å². The van der Waals surface area contributed by atoms with Gasteiger partial charge in [-0.2, -0.15) is 10.2 Å². The van der Waals surface area contributed by atoms with Crippen LogP contribution in [0.2, 0.25) is 0 Å². The van der Waals surface area contributed by atoms with Gasteiger partial charge < -0.3 is 5.32 Å². The van der Waals surface area contributed by atoms with Gasteiger partial charge in [0.25, 0.3) is 0 Å². The van der Waals surface area contributed by atoms with Crippen molar-refractivity contribution in [2.75, 3.05) is 0 Å². The Bertz CT molecular complexity index is 641. The average molecular weight is 368 g/mol. The number of hydrogen-bond acceptors (Lipinski definition) is 3. The number of aryl methyl sites for hydroxylation is 4. The minimum absolute atomic E-state index is 0.0143. The summed E-state index contributed by atoms with van der Waals surface area (Å²) in [5.41, 5.74) is 2.95. The highest BCUT2D eigenvalue weighted by molar-refractivity contribution is 9.10. The fourth-order valence-electron chi connectivity index (χ4n) is 2.34. The maximum absolute atomic E-state index is 12.1. The van der Waals surface area contributed by atoms with E-state index in [-0.39, 0.29) is 11.9 Å². The van der Waals surface area contributed by atoms with Crippen molar-refractivity contribution in [3.63, 3.8) is 0 Å². The lowest BCUT2D eigenvalue weighted by molar-refractivity contribution is -0.122. The van der Waals surface area contributed by atoms with Gasteiger partial charge in [0.1, 0.15) is 0 Å². The first-order valence-electron chi connectivity index (χ1n) is 7.43. The summed E-state index contributed by atoms with van der Waals surface area (Å²) in [7, 11) is 0. The second-order valence-electron chi connectivity index (χ2n) is 5.39. The van der Waals surface area contributed by atoms with Crippen molar-refractivity contribution in [2.45, 2.75) is 53.2 Å². The van der Waals surface area contributed by atoms with E-state index >= 15 is 0 Å².